The van der Waals surface area contributed by atoms with E-state index < -0.39 is 11.4 Å². The quantitative estimate of drug-likeness (QED) is 0.219. The van der Waals surface area contributed by atoms with Crippen LogP contribution in [0.25, 0.3) is 16.8 Å². The molecule has 0 radical (unpaired) electrons. The molecule has 2 N–H and O–H groups in total. The summed E-state index contributed by atoms with van der Waals surface area (Å²) < 4.78 is 28.7. The molecule has 45 heavy (non-hydrogen) atoms. The maximum atomic E-state index is 15.6. The molecule has 232 valence electrons. The Labute approximate surface area is 261 Å². The fraction of sp³-hybridized carbons (Fsp3) is 0.353. The number of nitrogens with two attached hydrogens (primary N) is 1. The zero-order valence-corrected chi connectivity index (χ0v) is 25.4. The van der Waals surface area contributed by atoms with Crippen LogP contribution in [0.4, 0.5) is 10.2 Å². The van der Waals surface area contributed by atoms with Gasteiger partial charge < -0.3 is 20.1 Å². The maximum Gasteiger partial charge on any atom is 0.264 e. The molecule has 0 bridgehead atoms. The van der Waals surface area contributed by atoms with Crippen molar-refractivity contribution in [2.75, 3.05) is 38.6 Å². The number of rotatable bonds is 8. The summed E-state index contributed by atoms with van der Waals surface area (Å²) in [5.41, 5.74) is 7.07. The van der Waals surface area contributed by atoms with Gasteiger partial charge >= 0.3 is 0 Å². The van der Waals surface area contributed by atoms with Gasteiger partial charge in [0, 0.05) is 61.7 Å². The highest BCUT2D eigenvalue weighted by Crippen LogP contribution is 2.34. The third-order valence-corrected chi connectivity index (χ3v) is 8.56. The predicted octanol–water partition coefficient (Wildman–Crippen LogP) is 5.00. The van der Waals surface area contributed by atoms with Gasteiger partial charge in [0.2, 0.25) is 0 Å². The SMILES string of the molecule is CC(C)(/C=C(/C#N)C(=O)N1CCC[C@H]1Cc1nc(-c2ccc(Oc3ccccc3)cc2F)c2c(N)nccn12)N1CCOCC1. The third-order valence-electron chi connectivity index (χ3n) is 8.56. The summed E-state index contributed by atoms with van der Waals surface area (Å²) in [6.07, 6.45) is 7.06. The number of nitrogen functional groups attached to an aromatic ring is 1. The van der Waals surface area contributed by atoms with E-state index in [0.29, 0.717) is 54.7 Å². The highest BCUT2D eigenvalue weighted by atomic mass is 19.1. The number of aromatic nitrogens is 3. The molecular weight excluding hydrogens is 573 g/mol. The fourth-order valence-corrected chi connectivity index (χ4v) is 6.24. The zero-order chi connectivity index (χ0) is 31.6. The molecule has 1 atom stereocenters. The number of anilines is 1. The number of morpholine rings is 1. The molecule has 2 aromatic carbocycles. The lowest BCUT2D eigenvalue weighted by Gasteiger charge is -2.39. The Kier molecular flexibility index (Phi) is 8.52. The normalized spacial score (nSPS) is 17.9. The zero-order valence-electron chi connectivity index (χ0n) is 25.4. The summed E-state index contributed by atoms with van der Waals surface area (Å²) in [4.78, 5) is 26.9. The number of carbonyl (C=O) groups excluding carboxylic acids is 1. The number of imidazole rings is 1. The topological polar surface area (TPSA) is 122 Å². The second kappa shape index (κ2) is 12.7. The summed E-state index contributed by atoms with van der Waals surface area (Å²) >= 11 is 0. The molecule has 2 aromatic heterocycles. The first-order valence-corrected chi connectivity index (χ1v) is 15.2. The average Bonchev–Trinajstić information content (AvgIpc) is 3.66. The molecule has 0 unspecified atom stereocenters. The van der Waals surface area contributed by atoms with Crippen LogP contribution in [-0.2, 0) is 16.0 Å². The molecule has 2 aliphatic heterocycles. The lowest BCUT2D eigenvalue weighted by atomic mass is 9.97. The average molecular weight is 610 g/mol. The first kappa shape index (κ1) is 30.2. The van der Waals surface area contributed by atoms with Gasteiger partial charge in [0.1, 0.15) is 51.8 Å². The van der Waals surface area contributed by atoms with Crippen LogP contribution < -0.4 is 10.5 Å². The van der Waals surface area contributed by atoms with E-state index in [1.54, 1.807) is 47.6 Å². The van der Waals surface area contributed by atoms with Gasteiger partial charge in [-0.2, -0.15) is 5.26 Å². The van der Waals surface area contributed by atoms with Crippen molar-refractivity contribution < 1.29 is 18.7 Å². The highest BCUT2D eigenvalue weighted by Gasteiger charge is 2.34. The molecule has 0 saturated carbocycles. The van der Waals surface area contributed by atoms with Gasteiger partial charge in [-0.05, 0) is 57.0 Å². The number of hydrogen-bond acceptors (Lipinski definition) is 8. The van der Waals surface area contributed by atoms with Crippen molar-refractivity contribution in [1.29, 1.82) is 5.26 Å². The van der Waals surface area contributed by atoms with Crippen molar-refractivity contribution in [3.05, 3.63) is 84.2 Å². The van der Waals surface area contributed by atoms with Gasteiger partial charge in [0.25, 0.3) is 5.91 Å². The monoisotopic (exact) mass is 609 g/mol. The molecule has 4 heterocycles. The smallest absolute Gasteiger partial charge is 0.264 e. The van der Waals surface area contributed by atoms with Gasteiger partial charge in [-0.1, -0.05) is 18.2 Å². The predicted molar refractivity (Wildman–Crippen MR) is 168 cm³/mol. The molecule has 0 aliphatic carbocycles. The molecular formula is C34H36FN7O3. The molecule has 1 amide bonds. The van der Waals surface area contributed by atoms with E-state index in [9.17, 15) is 10.1 Å². The Morgan fingerprint density at radius 3 is 2.69 bits per heavy atom. The van der Waals surface area contributed by atoms with Crippen molar-refractivity contribution in [2.45, 2.75) is 44.7 Å². The summed E-state index contributed by atoms with van der Waals surface area (Å²) in [6.45, 7) is 7.28. The second-order valence-corrected chi connectivity index (χ2v) is 11.9. The summed E-state index contributed by atoms with van der Waals surface area (Å²) in [6, 6.07) is 15.8. The number of ether oxygens (including phenoxy) is 2. The van der Waals surface area contributed by atoms with E-state index in [-0.39, 0.29) is 28.9 Å². The minimum atomic E-state index is -0.511. The van der Waals surface area contributed by atoms with Crippen molar-refractivity contribution in [2.24, 2.45) is 0 Å². The maximum absolute atomic E-state index is 15.6. The van der Waals surface area contributed by atoms with E-state index >= 15 is 4.39 Å². The lowest BCUT2D eigenvalue weighted by molar-refractivity contribution is -0.127. The number of hydrogen-bond donors (Lipinski definition) is 1. The Bertz CT molecular complexity index is 1770. The van der Waals surface area contributed by atoms with Crippen LogP contribution in [0.5, 0.6) is 11.5 Å². The Balaban J connectivity index is 1.28. The van der Waals surface area contributed by atoms with E-state index in [1.807, 2.05) is 36.4 Å². The lowest BCUT2D eigenvalue weighted by Crippen LogP contribution is -2.49. The van der Waals surface area contributed by atoms with Gasteiger partial charge in [0.15, 0.2) is 0 Å². The number of nitriles is 1. The van der Waals surface area contributed by atoms with E-state index in [1.165, 1.54) is 6.07 Å². The highest BCUT2D eigenvalue weighted by molar-refractivity contribution is 5.97. The Morgan fingerprint density at radius 1 is 1.18 bits per heavy atom. The van der Waals surface area contributed by atoms with Crippen molar-refractivity contribution in [1.82, 2.24) is 24.2 Å². The summed E-state index contributed by atoms with van der Waals surface area (Å²) in [7, 11) is 0. The van der Waals surface area contributed by atoms with Gasteiger partial charge in [0.05, 0.1) is 13.2 Å². The number of benzene rings is 2. The van der Waals surface area contributed by atoms with Crippen molar-refractivity contribution in [3.63, 3.8) is 0 Å². The Morgan fingerprint density at radius 2 is 1.96 bits per heavy atom. The minimum absolute atomic E-state index is 0.125. The summed E-state index contributed by atoms with van der Waals surface area (Å²) in [5, 5.41) is 10.0. The number of para-hydroxylation sites is 1. The Hall–Kier alpha value is -4.79. The summed E-state index contributed by atoms with van der Waals surface area (Å²) in [5.74, 6) is 0.998. The molecule has 2 fully saturated rings. The van der Waals surface area contributed by atoms with Crippen LogP contribution in [0.1, 0.15) is 32.5 Å². The van der Waals surface area contributed by atoms with Crippen molar-refractivity contribution >= 4 is 17.2 Å². The van der Waals surface area contributed by atoms with Gasteiger partial charge in [-0.3, -0.25) is 14.1 Å². The third kappa shape index (κ3) is 6.25. The first-order valence-electron chi connectivity index (χ1n) is 15.2. The van der Waals surface area contributed by atoms with Crippen LogP contribution in [-0.4, -0.2) is 74.5 Å². The molecule has 2 saturated heterocycles. The van der Waals surface area contributed by atoms with Gasteiger partial charge in [-0.15, -0.1) is 0 Å². The molecule has 0 spiro atoms. The van der Waals surface area contributed by atoms with Gasteiger partial charge in [-0.25, -0.2) is 14.4 Å². The van der Waals surface area contributed by atoms with Crippen molar-refractivity contribution in [3.8, 4) is 28.8 Å². The fourth-order valence-electron chi connectivity index (χ4n) is 6.24. The standard InChI is InChI=1S/C34H36FN7O3/c1-34(2,40-15-17-44-18-16-40)21-23(22-36)33(43)41-13-6-7-24(41)19-29-39-30(31-32(37)38-12-14-42(29)31)27-11-10-26(20-28(27)35)45-25-8-4-3-5-9-25/h3-5,8-12,14,20-21,24H,6-7,13,15-19H2,1-2H3,(H2,37,38)/b23-21-/t24-/m0/s1. The minimum Gasteiger partial charge on any atom is -0.457 e. The van der Waals surface area contributed by atoms with Crippen LogP contribution in [0.3, 0.4) is 0 Å². The molecule has 4 aromatic rings. The van der Waals surface area contributed by atoms with E-state index in [2.05, 4.69) is 16.0 Å². The first-order chi connectivity index (χ1) is 21.7. The molecule has 11 heteroatoms. The number of fused-ring (bicyclic) bond motifs is 1. The van der Waals surface area contributed by atoms with Crippen LogP contribution in [0, 0.1) is 17.1 Å². The second-order valence-electron chi connectivity index (χ2n) is 11.9. The number of halogens is 1. The van der Waals surface area contributed by atoms with Crippen LogP contribution in [0.15, 0.2) is 72.6 Å². The van der Waals surface area contributed by atoms with E-state index in [0.717, 1.165) is 25.9 Å². The molecule has 10 nitrogen and oxygen atoms in total. The number of amides is 1. The largest absolute Gasteiger partial charge is 0.457 e. The molecule has 6 rings (SSSR count). The molecule has 2 aliphatic rings. The van der Waals surface area contributed by atoms with Crippen LogP contribution >= 0.6 is 0 Å². The number of nitrogens with zero attached hydrogens (tertiary/aromatic N) is 6. The number of likely N-dealkylation sites (tertiary alicyclic amines) is 1. The van der Waals surface area contributed by atoms with E-state index in [4.69, 9.17) is 20.2 Å². The van der Waals surface area contributed by atoms with Crippen LogP contribution in [0.2, 0.25) is 0 Å². The number of carbonyl (C=O) groups is 1.